The molecule has 1 aromatic heterocycles. The van der Waals surface area contributed by atoms with E-state index in [1.165, 1.54) is 12.1 Å². The van der Waals surface area contributed by atoms with Crippen LogP contribution in [-0.2, 0) is 11.2 Å². The SMILES string of the molecule is O=C([O-])Cc1ccc([N+](=O)[O-])cn1. The summed E-state index contributed by atoms with van der Waals surface area (Å²) in [4.78, 5) is 23.3. The Morgan fingerprint density at radius 3 is 2.62 bits per heavy atom. The number of nitrogens with zero attached hydrogens (tertiary/aromatic N) is 2. The largest absolute Gasteiger partial charge is 0.550 e. The second-order valence-corrected chi connectivity index (χ2v) is 2.31. The first-order valence-corrected chi connectivity index (χ1v) is 3.39. The highest BCUT2D eigenvalue weighted by atomic mass is 16.6. The average molecular weight is 181 g/mol. The van der Waals surface area contributed by atoms with Gasteiger partial charge in [0.05, 0.1) is 4.92 Å². The van der Waals surface area contributed by atoms with E-state index < -0.39 is 10.9 Å². The summed E-state index contributed by atoms with van der Waals surface area (Å²) in [5, 5.41) is 20.3. The zero-order valence-corrected chi connectivity index (χ0v) is 6.47. The first-order valence-electron chi connectivity index (χ1n) is 3.39. The fraction of sp³-hybridized carbons (Fsp3) is 0.143. The van der Waals surface area contributed by atoms with Gasteiger partial charge >= 0.3 is 0 Å². The molecule has 0 N–H and O–H groups in total. The van der Waals surface area contributed by atoms with E-state index in [0.29, 0.717) is 0 Å². The van der Waals surface area contributed by atoms with E-state index in [1.807, 2.05) is 0 Å². The summed E-state index contributed by atoms with van der Waals surface area (Å²) >= 11 is 0. The molecule has 0 aromatic carbocycles. The van der Waals surface area contributed by atoms with Crippen LogP contribution in [0.5, 0.6) is 0 Å². The lowest BCUT2D eigenvalue weighted by molar-refractivity contribution is -0.385. The van der Waals surface area contributed by atoms with Gasteiger partial charge in [0.25, 0.3) is 5.69 Å². The average Bonchev–Trinajstić information content (AvgIpc) is 2.04. The summed E-state index contributed by atoms with van der Waals surface area (Å²) < 4.78 is 0. The van der Waals surface area contributed by atoms with Crippen molar-refractivity contribution >= 4 is 11.7 Å². The van der Waals surface area contributed by atoms with E-state index in [-0.39, 0.29) is 17.8 Å². The number of rotatable bonds is 3. The monoisotopic (exact) mass is 181 g/mol. The minimum absolute atomic E-state index is 0.165. The molecule has 0 fully saturated rings. The molecular weight excluding hydrogens is 176 g/mol. The molecule has 68 valence electrons. The molecule has 0 saturated carbocycles. The summed E-state index contributed by atoms with van der Waals surface area (Å²) in [6, 6.07) is 2.49. The lowest BCUT2D eigenvalue weighted by Crippen LogP contribution is -2.24. The number of nitro groups is 1. The molecule has 0 aliphatic rings. The Bertz CT molecular complexity index is 333. The van der Waals surface area contributed by atoms with Crippen molar-refractivity contribution in [2.75, 3.05) is 0 Å². The Morgan fingerprint density at radius 1 is 1.54 bits per heavy atom. The van der Waals surface area contributed by atoms with Crippen LogP contribution in [0.2, 0.25) is 0 Å². The van der Waals surface area contributed by atoms with Gasteiger partial charge in [-0.15, -0.1) is 0 Å². The van der Waals surface area contributed by atoms with Crippen LogP contribution in [0.1, 0.15) is 5.69 Å². The maximum atomic E-state index is 10.2. The van der Waals surface area contributed by atoms with Crippen molar-refractivity contribution in [3.8, 4) is 0 Å². The standard InChI is InChI=1S/C7H6N2O4/c10-7(11)3-5-1-2-6(4-8-5)9(12)13/h1-2,4H,3H2,(H,10,11)/p-1. The maximum absolute atomic E-state index is 10.2. The Balaban J connectivity index is 2.81. The van der Waals surface area contributed by atoms with E-state index in [1.54, 1.807) is 0 Å². The molecule has 0 radical (unpaired) electrons. The van der Waals surface area contributed by atoms with Gasteiger partial charge in [-0.05, 0) is 6.07 Å². The number of carbonyl (C=O) groups is 1. The van der Waals surface area contributed by atoms with Gasteiger partial charge in [0.2, 0.25) is 0 Å². The minimum atomic E-state index is -1.26. The van der Waals surface area contributed by atoms with Crippen molar-refractivity contribution in [1.29, 1.82) is 0 Å². The molecular formula is C7H5N2O4-. The van der Waals surface area contributed by atoms with Crippen LogP contribution in [0.15, 0.2) is 18.3 Å². The van der Waals surface area contributed by atoms with Crippen molar-refractivity contribution in [3.63, 3.8) is 0 Å². The first kappa shape index (κ1) is 9.11. The number of pyridine rings is 1. The Kier molecular flexibility index (Phi) is 2.53. The molecule has 0 bridgehead atoms. The second-order valence-electron chi connectivity index (χ2n) is 2.31. The smallest absolute Gasteiger partial charge is 0.287 e. The highest BCUT2D eigenvalue weighted by Crippen LogP contribution is 2.08. The third-order valence-electron chi connectivity index (χ3n) is 1.35. The van der Waals surface area contributed by atoms with Crippen molar-refractivity contribution in [1.82, 2.24) is 4.98 Å². The van der Waals surface area contributed by atoms with Gasteiger partial charge in [0.1, 0.15) is 6.20 Å². The molecule has 0 aliphatic carbocycles. The van der Waals surface area contributed by atoms with Gasteiger partial charge in [-0.3, -0.25) is 15.1 Å². The van der Waals surface area contributed by atoms with E-state index in [2.05, 4.69) is 4.98 Å². The molecule has 0 amide bonds. The molecule has 0 saturated heterocycles. The highest BCUT2D eigenvalue weighted by molar-refractivity contribution is 5.67. The second kappa shape index (κ2) is 3.61. The summed E-state index contributed by atoms with van der Waals surface area (Å²) in [6.45, 7) is 0. The summed E-state index contributed by atoms with van der Waals surface area (Å²) in [6.07, 6.45) is 0.677. The predicted molar refractivity (Wildman–Crippen MR) is 39.6 cm³/mol. The molecule has 6 nitrogen and oxygen atoms in total. The molecule has 0 atom stereocenters. The molecule has 1 aromatic rings. The predicted octanol–water partition coefficient (Wildman–Crippen LogP) is -0.718. The van der Waals surface area contributed by atoms with Crippen LogP contribution in [0, 0.1) is 10.1 Å². The molecule has 13 heavy (non-hydrogen) atoms. The number of carbonyl (C=O) groups excluding carboxylic acids is 1. The number of hydrogen-bond donors (Lipinski definition) is 0. The third-order valence-corrected chi connectivity index (χ3v) is 1.35. The van der Waals surface area contributed by atoms with Crippen LogP contribution in [0.4, 0.5) is 5.69 Å². The highest BCUT2D eigenvalue weighted by Gasteiger charge is 2.04. The van der Waals surface area contributed by atoms with E-state index in [0.717, 1.165) is 6.20 Å². The number of hydrogen-bond acceptors (Lipinski definition) is 5. The van der Waals surface area contributed by atoms with Gasteiger partial charge in [-0.2, -0.15) is 0 Å². The number of carboxylic acid groups (broad SMARTS) is 1. The van der Waals surface area contributed by atoms with Crippen molar-refractivity contribution < 1.29 is 14.8 Å². The van der Waals surface area contributed by atoms with Gasteiger partial charge in [-0.25, -0.2) is 0 Å². The fourth-order valence-corrected chi connectivity index (χ4v) is 0.777. The minimum Gasteiger partial charge on any atom is -0.550 e. The Hall–Kier alpha value is -1.98. The van der Waals surface area contributed by atoms with Crippen LogP contribution in [0.25, 0.3) is 0 Å². The summed E-state index contributed by atoms with van der Waals surface area (Å²) in [5.41, 5.74) is 0.0766. The number of aliphatic carboxylic acids is 1. The van der Waals surface area contributed by atoms with Gasteiger partial charge in [0, 0.05) is 24.2 Å². The third kappa shape index (κ3) is 2.51. The summed E-state index contributed by atoms with van der Waals surface area (Å²) in [5.74, 6) is -1.26. The quantitative estimate of drug-likeness (QED) is 0.453. The Labute approximate surface area is 73.0 Å². The van der Waals surface area contributed by atoms with Gasteiger partial charge in [-0.1, -0.05) is 0 Å². The van der Waals surface area contributed by atoms with Crippen molar-refractivity contribution in [2.24, 2.45) is 0 Å². The van der Waals surface area contributed by atoms with Crippen LogP contribution < -0.4 is 5.11 Å². The van der Waals surface area contributed by atoms with E-state index >= 15 is 0 Å². The van der Waals surface area contributed by atoms with E-state index in [9.17, 15) is 20.0 Å². The number of carboxylic acids is 1. The maximum Gasteiger partial charge on any atom is 0.287 e. The summed E-state index contributed by atoms with van der Waals surface area (Å²) in [7, 11) is 0. The number of aromatic nitrogens is 1. The van der Waals surface area contributed by atoms with E-state index in [4.69, 9.17) is 0 Å². The van der Waals surface area contributed by atoms with Gasteiger partial charge < -0.3 is 9.90 Å². The lowest BCUT2D eigenvalue weighted by atomic mass is 10.2. The van der Waals surface area contributed by atoms with Gasteiger partial charge in [0.15, 0.2) is 0 Å². The van der Waals surface area contributed by atoms with Crippen LogP contribution >= 0.6 is 0 Å². The molecule has 0 spiro atoms. The molecule has 6 heteroatoms. The van der Waals surface area contributed by atoms with Crippen LogP contribution in [0.3, 0.4) is 0 Å². The van der Waals surface area contributed by atoms with Crippen molar-refractivity contribution in [3.05, 3.63) is 34.1 Å². The molecule has 1 heterocycles. The molecule has 0 unspecified atom stereocenters. The topological polar surface area (TPSA) is 96.2 Å². The fourth-order valence-electron chi connectivity index (χ4n) is 0.777. The Morgan fingerprint density at radius 2 is 2.23 bits per heavy atom. The van der Waals surface area contributed by atoms with Crippen LogP contribution in [-0.4, -0.2) is 15.9 Å². The zero-order valence-electron chi connectivity index (χ0n) is 6.47. The van der Waals surface area contributed by atoms with Crippen molar-refractivity contribution in [2.45, 2.75) is 6.42 Å². The lowest BCUT2D eigenvalue weighted by Gasteiger charge is -1.99. The molecule has 1 rings (SSSR count). The molecule has 0 aliphatic heterocycles. The normalized spacial score (nSPS) is 9.54. The zero-order chi connectivity index (χ0) is 9.84. The first-order chi connectivity index (χ1) is 6.09.